The number of rotatable bonds is 2. The van der Waals surface area contributed by atoms with Crippen molar-refractivity contribution >= 4 is 39.1 Å². The smallest absolute Gasteiger partial charge is 0.0835 e. The van der Waals surface area contributed by atoms with Crippen molar-refractivity contribution in [1.82, 2.24) is 0 Å². The van der Waals surface area contributed by atoms with Crippen molar-refractivity contribution in [3.8, 4) is 0 Å². The summed E-state index contributed by atoms with van der Waals surface area (Å²) in [5.41, 5.74) is 3.54. The van der Waals surface area contributed by atoms with Crippen LogP contribution in [0.5, 0.6) is 0 Å². The van der Waals surface area contributed by atoms with Crippen LogP contribution in [0.1, 0.15) is 42.8 Å². The van der Waals surface area contributed by atoms with E-state index in [2.05, 4.69) is 61.0 Å². The molecule has 0 N–H and O–H groups in total. The molecule has 0 aliphatic heterocycles. The highest BCUT2D eigenvalue weighted by atomic mass is 79.9. The molecule has 0 heterocycles. The lowest BCUT2D eigenvalue weighted by atomic mass is 9.86. The van der Waals surface area contributed by atoms with E-state index in [0.29, 0.717) is 5.02 Å². The van der Waals surface area contributed by atoms with Gasteiger partial charge in [0, 0.05) is 4.47 Å². The van der Waals surface area contributed by atoms with Crippen LogP contribution in [0, 0.1) is 0 Å². The van der Waals surface area contributed by atoms with E-state index in [4.69, 9.17) is 23.2 Å². The summed E-state index contributed by atoms with van der Waals surface area (Å²) in [6, 6.07) is 14.3. The van der Waals surface area contributed by atoms with Crippen LogP contribution in [0.15, 0.2) is 46.9 Å². The molecule has 1 unspecified atom stereocenters. The normalized spacial score (nSPS) is 13.3. The number of hydrogen-bond acceptors (Lipinski definition) is 0. The van der Waals surface area contributed by atoms with Crippen LogP contribution < -0.4 is 0 Å². The fourth-order valence-electron chi connectivity index (χ4n) is 2.01. The van der Waals surface area contributed by atoms with Gasteiger partial charge in [0.05, 0.1) is 10.4 Å². The van der Waals surface area contributed by atoms with Crippen LogP contribution in [0.25, 0.3) is 0 Å². The Morgan fingerprint density at radius 2 is 1.50 bits per heavy atom. The minimum absolute atomic E-state index is 0.154. The monoisotopic (exact) mass is 370 g/mol. The first-order chi connectivity index (χ1) is 9.29. The van der Waals surface area contributed by atoms with Gasteiger partial charge in [-0.05, 0) is 50.2 Å². The summed E-state index contributed by atoms with van der Waals surface area (Å²) in [6.45, 7) is 6.61. The van der Waals surface area contributed by atoms with Gasteiger partial charge in [-0.1, -0.05) is 62.7 Å². The molecule has 0 nitrogen and oxygen atoms in total. The number of benzene rings is 2. The molecule has 2 aromatic rings. The third-order valence-electron chi connectivity index (χ3n) is 3.31. The maximum absolute atomic E-state index is 6.55. The van der Waals surface area contributed by atoms with Crippen molar-refractivity contribution < 1.29 is 0 Å². The van der Waals surface area contributed by atoms with Crippen LogP contribution >= 0.6 is 39.1 Å². The van der Waals surface area contributed by atoms with E-state index in [1.165, 1.54) is 5.56 Å². The molecule has 2 rings (SSSR count). The van der Waals surface area contributed by atoms with Crippen molar-refractivity contribution in [3.05, 3.63) is 68.7 Å². The quantitative estimate of drug-likeness (QED) is 0.513. The SMILES string of the molecule is CC(C)(C)c1ccc(C(Cl)c2ccc(Br)c(Cl)c2)cc1. The molecule has 0 aliphatic rings. The largest absolute Gasteiger partial charge is 0.113 e. The molecule has 2 aromatic carbocycles. The molecule has 0 spiro atoms. The lowest BCUT2D eigenvalue weighted by Gasteiger charge is -2.20. The van der Waals surface area contributed by atoms with Crippen molar-refractivity contribution in [2.24, 2.45) is 0 Å². The Balaban J connectivity index is 2.29. The molecular weight excluding hydrogens is 355 g/mol. The van der Waals surface area contributed by atoms with E-state index in [1.54, 1.807) is 0 Å². The van der Waals surface area contributed by atoms with Crippen molar-refractivity contribution in [2.45, 2.75) is 31.6 Å². The summed E-state index contributed by atoms with van der Waals surface area (Å²) in [4.78, 5) is 0. The molecule has 0 saturated carbocycles. The molecule has 20 heavy (non-hydrogen) atoms. The van der Waals surface area contributed by atoms with Crippen LogP contribution in [0.3, 0.4) is 0 Å². The first-order valence-electron chi connectivity index (χ1n) is 6.48. The number of halogens is 3. The average molecular weight is 372 g/mol. The van der Waals surface area contributed by atoms with Crippen LogP contribution in [-0.4, -0.2) is 0 Å². The van der Waals surface area contributed by atoms with Gasteiger partial charge in [0.25, 0.3) is 0 Å². The van der Waals surface area contributed by atoms with Gasteiger partial charge in [-0.2, -0.15) is 0 Å². The van der Waals surface area contributed by atoms with Gasteiger partial charge in [-0.3, -0.25) is 0 Å². The van der Waals surface area contributed by atoms with Gasteiger partial charge < -0.3 is 0 Å². The summed E-state index contributed by atoms with van der Waals surface area (Å²) in [5.74, 6) is 0. The van der Waals surface area contributed by atoms with Crippen LogP contribution in [0.4, 0.5) is 0 Å². The second-order valence-electron chi connectivity index (χ2n) is 5.91. The Morgan fingerprint density at radius 1 is 0.950 bits per heavy atom. The Kier molecular flexibility index (Phi) is 4.84. The van der Waals surface area contributed by atoms with E-state index >= 15 is 0 Å². The summed E-state index contributed by atoms with van der Waals surface area (Å²) in [6.07, 6.45) is 0. The van der Waals surface area contributed by atoms with E-state index < -0.39 is 0 Å². The highest BCUT2D eigenvalue weighted by Crippen LogP contribution is 2.34. The van der Waals surface area contributed by atoms with Gasteiger partial charge in [0.15, 0.2) is 0 Å². The van der Waals surface area contributed by atoms with Crippen molar-refractivity contribution in [1.29, 1.82) is 0 Å². The second-order valence-corrected chi connectivity index (χ2v) is 7.61. The standard InChI is InChI=1S/C17H17BrCl2/c1-17(2,3)13-7-4-11(5-8-13)16(20)12-6-9-14(18)15(19)10-12/h4-10,16H,1-3H3. The average Bonchev–Trinajstić information content (AvgIpc) is 2.40. The lowest BCUT2D eigenvalue weighted by Crippen LogP contribution is -2.10. The second kappa shape index (κ2) is 6.09. The third kappa shape index (κ3) is 3.58. The first kappa shape index (κ1) is 15.9. The summed E-state index contributed by atoms with van der Waals surface area (Å²) < 4.78 is 0.884. The highest BCUT2D eigenvalue weighted by Gasteiger charge is 2.16. The number of alkyl halides is 1. The van der Waals surface area contributed by atoms with Crippen LogP contribution in [0.2, 0.25) is 5.02 Å². The van der Waals surface area contributed by atoms with E-state index in [1.807, 2.05) is 18.2 Å². The molecule has 3 heteroatoms. The zero-order chi connectivity index (χ0) is 14.9. The van der Waals surface area contributed by atoms with E-state index in [-0.39, 0.29) is 10.8 Å². The van der Waals surface area contributed by atoms with E-state index in [0.717, 1.165) is 15.6 Å². The molecule has 0 bridgehead atoms. The highest BCUT2D eigenvalue weighted by molar-refractivity contribution is 9.10. The summed E-state index contributed by atoms with van der Waals surface area (Å²) >= 11 is 16.1. The first-order valence-corrected chi connectivity index (χ1v) is 8.09. The molecule has 0 amide bonds. The van der Waals surface area contributed by atoms with Gasteiger partial charge in [0.2, 0.25) is 0 Å². The fourth-order valence-corrected chi connectivity index (χ4v) is 2.73. The molecule has 0 saturated heterocycles. The lowest BCUT2D eigenvalue weighted by molar-refractivity contribution is 0.590. The molecule has 0 radical (unpaired) electrons. The summed E-state index contributed by atoms with van der Waals surface area (Å²) in [5, 5.41) is 0.495. The minimum atomic E-state index is -0.186. The maximum Gasteiger partial charge on any atom is 0.0835 e. The third-order valence-corrected chi connectivity index (χ3v) is 5.04. The molecule has 106 valence electrons. The Labute approximate surface area is 139 Å². The molecular formula is C17H17BrCl2. The van der Waals surface area contributed by atoms with Crippen molar-refractivity contribution in [2.75, 3.05) is 0 Å². The van der Waals surface area contributed by atoms with Gasteiger partial charge in [-0.15, -0.1) is 11.6 Å². The Hall–Kier alpha value is -0.500. The zero-order valence-electron chi connectivity index (χ0n) is 11.8. The van der Waals surface area contributed by atoms with Gasteiger partial charge in [-0.25, -0.2) is 0 Å². The molecule has 0 fully saturated rings. The van der Waals surface area contributed by atoms with Gasteiger partial charge in [0.1, 0.15) is 0 Å². The Bertz CT molecular complexity index is 597. The minimum Gasteiger partial charge on any atom is -0.113 e. The molecule has 0 aromatic heterocycles. The predicted octanol–water partition coefficient (Wildman–Crippen LogP) is 6.73. The zero-order valence-corrected chi connectivity index (χ0v) is 14.9. The maximum atomic E-state index is 6.55. The predicted molar refractivity (Wildman–Crippen MR) is 92.0 cm³/mol. The number of hydrogen-bond donors (Lipinski definition) is 0. The topological polar surface area (TPSA) is 0 Å². The van der Waals surface area contributed by atoms with Gasteiger partial charge >= 0.3 is 0 Å². The van der Waals surface area contributed by atoms with E-state index in [9.17, 15) is 0 Å². The molecule has 0 aliphatic carbocycles. The van der Waals surface area contributed by atoms with Crippen LogP contribution in [-0.2, 0) is 5.41 Å². The molecule has 1 atom stereocenters. The summed E-state index contributed by atoms with van der Waals surface area (Å²) in [7, 11) is 0. The Morgan fingerprint density at radius 3 is 2.00 bits per heavy atom. The van der Waals surface area contributed by atoms with Crippen molar-refractivity contribution in [3.63, 3.8) is 0 Å². The fraction of sp³-hybridized carbons (Fsp3) is 0.294.